The zero-order chi connectivity index (χ0) is 25.3. The van der Waals surface area contributed by atoms with E-state index in [1.165, 1.54) is 15.6 Å². The maximum atomic E-state index is 9.04. The van der Waals surface area contributed by atoms with Gasteiger partial charge in [-0.15, -0.1) is 17.3 Å². The average molecular weight is 497 g/mol. The third kappa shape index (κ3) is 5.86. The van der Waals surface area contributed by atoms with Crippen molar-refractivity contribution in [2.45, 2.75) is 32.8 Å². The standard InChI is InChI=1S/C30H28N2O3S/c1-4-6-23(13-14-31)24-10-12-30(32-18-24)35-19-22-9-11-29-26(17-22)27(20-36-29)25-7-5-8-28(21(25)2)34-16-15-33-3/h5,7-12,17-18,20,23H,13,15-16,19H2,1-3H3/t23-/m0/s1. The van der Waals surface area contributed by atoms with Crippen molar-refractivity contribution < 1.29 is 14.2 Å². The molecule has 1 atom stereocenters. The highest BCUT2D eigenvalue weighted by atomic mass is 32.1. The van der Waals surface area contributed by atoms with Crippen molar-refractivity contribution in [3.8, 4) is 40.7 Å². The van der Waals surface area contributed by atoms with Gasteiger partial charge in [0.05, 0.1) is 25.0 Å². The van der Waals surface area contributed by atoms with E-state index in [2.05, 4.69) is 59.5 Å². The number of nitrogens with zero attached hydrogens (tertiary/aromatic N) is 2. The van der Waals surface area contributed by atoms with E-state index in [9.17, 15) is 0 Å². The van der Waals surface area contributed by atoms with Gasteiger partial charge in [0.1, 0.15) is 19.0 Å². The molecule has 2 aromatic carbocycles. The van der Waals surface area contributed by atoms with Gasteiger partial charge in [-0.1, -0.05) is 30.2 Å². The molecule has 0 unspecified atom stereocenters. The topological polar surface area (TPSA) is 64.4 Å². The van der Waals surface area contributed by atoms with E-state index in [1.807, 2.05) is 24.3 Å². The molecular weight excluding hydrogens is 468 g/mol. The van der Waals surface area contributed by atoms with Crippen LogP contribution in [-0.2, 0) is 11.3 Å². The Morgan fingerprint density at radius 1 is 1.06 bits per heavy atom. The molecule has 2 heterocycles. The van der Waals surface area contributed by atoms with Crippen LogP contribution in [0.4, 0.5) is 0 Å². The van der Waals surface area contributed by atoms with E-state index in [0.29, 0.717) is 32.1 Å². The maximum absolute atomic E-state index is 9.04. The Kier molecular flexibility index (Phi) is 8.57. The molecule has 0 amide bonds. The fourth-order valence-electron chi connectivity index (χ4n) is 4.03. The highest BCUT2D eigenvalue weighted by molar-refractivity contribution is 7.17. The van der Waals surface area contributed by atoms with Crippen molar-refractivity contribution in [1.29, 1.82) is 5.26 Å². The highest BCUT2D eigenvalue weighted by Gasteiger charge is 2.13. The summed E-state index contributed by atoms with van der Waals surface area (Å²) in [5.74, 6) is 7.24. The first-order valence-corrected chi connectivity index (χ1v) is 12.6. The molecule has 6 heteroatoms. The smallest absolute Gasteiger partial charge is 0.213 e. The summed E-state index contributed by atoms with van der Waals surface area (Å²) in [5, 5.41) is 12.4. The first-order valence-electron chi connectivity index (χ1n) is 11.7. The number of pyridine rings is 1. The fourth-order valence-corrected chi connectivity index (χ4v) is 4.97. The van der Waals surface area contributed by atoms with Gasteiger partial charge in [0, 0.05) is 35.0 Å². The molecule has 5 nitrogen and oxygen atoms in total. The predicted octanol–water partition coefficient (Wildman–Crippen LogP) is 6.90. The van der Waals surface area contributed by atoms with Crippen molar-refractivity contribution in [3.63, 3.8) is 0 Å². The maximum Gasteiger partial charge on any atom is 0.213 e. The van der Waals surface area contributed by atoms with Crippen LogP contribution in [0.15, 0.2) is 60.1 Å². The second kappa shape index (κ2) is 12.2. The van der Waals surface area contributed by atoms with Crippen molar-refractivity contribution in [2.24, 2.45) is 0 Å². The summed E-state index contributed by atoms with van der Waals surface area (Å²) < 4.78 is 18.2. The number of hydrogen-bond donors (Lipinski definition) is 0. The highest BCUT2D eigenvalue weighted by Crippen LogP contribution is 2.38. The lowest BCUT2D eigenvalue weighted by Gasteiger charge is -2.13. The van der Waals surface area contributed by atoms with Gasteiger partial charge < -0.3 is 14.2 Å². The van der Waals surface area contributed by atoms with E-state index in [-0.39, 0.29) is 5.92 Å². The molecule has 36 heavy (non-hydrogen) atoms. The number of nitriles is 1. The molecule has 4 aromatic rings. The van der Waals surface area contributed by atoms with Crippen molar-refractivity contribution >= 4 is 21.4 Å². The summed E-state index contributed by atoms with van der Waals surface area (Å²) in [5.41, 5.74) is 5.45. The second-order valence-corrected chi connectivity index (χ2v) is 9.19. The number of hydrogen-bond acceptors (Lipinski definition) is 6. The van der Waals surface area contributed by atoms with E-state index >= 15 is 0 Å². The molecule has 0 aliphatic carbocycles. The lowest BCUT2D eigenvalue weighted by atomic mass is 9.98. The normalized spacial score (nSPS) is 11.4. The van der Waals surface area contributed by atoms with Crippen LogP contribution in [0.1, 0.15) is 36.0 Å². The van der Waals surface area contributed by atoms with Gasteiger partial charge >= 0.3 is 0 Å². The van der Waals surface area contributed by atoms with Crippen LogP contribution in [0.25, 0.3) is 21.2 Å². The molecule has 0 spiro atoms. The van der Waals surface area contributed by atoms with E-state index < -0.39 is 0 Å². The minimum absolute atomic E-state index is 0.131. The summed E-state index contributed by atoms with van der Waals surface area (Å²) in [6.45, 7) is 5.36. The Labute approximate surface area is 216 Å². The summed E-state index contributed by atoms with van der Waals surface area (Å²) in [6, 6.07) is 18.5. The molecule has 0 radical (unpaired) electrons. The molecule has 0 N–H and O–H groups in total. The summed E-state index contributed by atoms with van der Waals surface area (Å²) in [6.07, 6.45) is 2.08. The van der Waals surface area contributed by atoms with Crippen LogP contribution in [0, 0.1) is 30.1 Å². The number of benzene rings is 2. The lowest BCUT2D eigenvalue weighted by molar-refractivity contribution is 0.146. The molecule has 0 aliphatic heterocycles. The van der Waals surface area contributed by atoms with Crippen LogP contribution in [0.3, 0.4) is 0 Å². The van der Waals surface area contributed by atoms with Gasteiger partial charge in [-0.2, -0.15) is 5.26 Å². The number of aromatic nitrogens is 1. The van der Waals surface area contributed by atoms with Crippen LogP contribution in [0.5, 0.6) is 11.6 Å². The van der Waals surface area contributed by atoms with Crippen molar-refractivity contribution in [3.05, 3.63) is 76.8 Å². The predicted molar refractivity (Wildman–Crippen MR) is 144 cm³/mol. The molecular formula is C30H28N2O3S. The number of methoxy groups -OCH3 is 1. The monoisotopic (exact) mass is 496 g/mol. The van der Waals surface area contributed by atoms with Gasteiger partial charge in [0.2, 0.25) is 5.88 Å². The second-order valence-electron chi connectivity index (χ2n) is 8.28. The Balaban J connectivity index is 1.51. The van der Waals surface area contributed by atoms with Gasteiger partial charge in [-0.25, -0.2) is 4.98 Å². The van der Waals surface area contributed by atoms with Gasteiger partial charge in [0.15, 0.2) is 0 Å². The Hall–Kier alpha value is -3.84. The molecule has 2 aromatic heterocycles. The zero-order valence-electron chi connectivity index (χ0n) is 20.7. The molecule has 4 rings (SSSR count). The molecule has 0 saturated carbocycles. The van der Waals surface area contributed by atoms with Crippen LogP contribution < -0.4 is 9.47 Å². The molecule has 0 saturated heterocycles. The third-order valence-corrected chi connectivity index (χ3v) is 6.88. The molecule has 0 bridgehead atoms. The van der Waals surface area contributed by atoms with Gasteiger partial charge in [-0.3, -0.25) is 0 Å². The lowest BCUT2D eigenvalue weighted by Crippen LogP contribution is -2.05. The number of fused-ring (bicyclic) bond motifs is 1. The summed E-state index contributed by atoms with van der Waals surface area (Å²) in [7, 11) is 1.67. The average Bonchev–Trinajstić information content (AvgIpc) is 3.32. The minimum Gasteiger partial charge on any atom is -0.491 e. The SMILES string of the molecule is CC#C[C@@H](CC#N)c1ccc(OCc2ccc3scc(-c4cccc(OCCOC)c4C)c3c2)nc1. The number of rotatable bonds is 10. The van der Waals surface area contributed by atoms with Crippen LogP contribution in [0.2, 0.25) is 0 Å². The molecule has 182 valence electrons. The summed E-state index contributed by atoms with van der Waals surface area (Å²) >= 11 is 1.73. The van der Waals surface area contributed by atoms with E-state index in [4.69, 9.17) is 19.5 Å². The van der Waals surface area contributed by atoms with Crippen molar-refractivity contribution in [2.75, 3.05) is 20.3 Å². The Morgan fingerprint density at radius 3 is 2.69 bits per heavy atom. The third-order valence-electron chi connectivity index (χ3n) is 5.92. The Morgan fingerprint density at radius 2 is 1.94 bits per heavy atom. The quantitative estimate of drug-likeness (QED) is 0.177. The van der Waals surface area contributed by atoms with E-state index in [1.54, 1.807) is 31.6 Å². The number of ether oxygens (including phenoxy) is 3. The Bertz CT molecular complexity index is 1420. The molecule has 0 aliphatic rings. The fraction of sp³-hybridized carbons (Fsp3) is 0.267. The first kappa shape index (κ1) is 25.3. The minimum atomic E-state index is -0.131. The first-order chi connectivity index (χ1) is 17.6. The largest absolute Gasteiger partial charge is 0.491 e. The zero-order valence-corrected chi connectivity index (χ0v) is 21.5. The van der Waals surface area contributed by atoms with Crippen LogP contribution in [-0.4, -0.2) is 25.3 Å². The van der Waals surface area contributed by atoms with Gasteiger partial charge in [0.25, 0.3) is 0 Å². The number of thiophene rings is 1. The summed E-state index contributed by atoms with van der Waals surface area (Å²) in [4.78, 5) is 4.43. The van der Waals surface area contributed by atoms with Crippen LogP contribution >= 0.6 is 11.3 Å². The van der Waals surface area contributed by atoms with Crippen molar-refractivity contribution in [1.82, 2.24) is 4.98 Å². The van der Waals surface area contributed by atoms with E-state index in [0.717, 1.165) is 28.0 Å². The molecule has 0 fully saturated rings. The van der Waals surface area contributed by atoms with Gasteiger partial charge in [-0.05, 0) is 59.7 Å².